The van der Waals surface area contributed by atoms with E-state index in [2.05, 4.69) is 46.8 Å². The van der Waals surface area contributed by atoms with Gasteiger partial charge in [0.2, 0.25) is 5.43 Å². The first-order chi connectivity index (χ1) is 20.5. The minimum absolute atomic E-state index is 0.00108. The molecule has 2 aliphatic carbocycles. The highest BCUT2D eigenvalue weighted by Crippen LogP contribution is 2.65. The molecule has 2 bridgehead atoms. The molecule has 0 aliphatic heterocycles. The van der Waals surface area contributed by atoms with Crippen LogP contribution in [-0.4, -0.2) is 21.8 Å². The van der Waals surface area contributed by atoms with Crippen LogP contribution >= 0.6 is 0 Å². The zero-order chi connectivity index (χ0) is 32.8. The van der Waals surface area contributed by atoms with Gasteiger partial charge in [-0.3, -0.25) is 14.4 Å². The smallest absolute Gasteiger partial charge is 0.204 e. The molecule has 0 spiro atoms. The second kappa shape index (κ2) is 12.0. The van der Waals surface area contributed by atoms with Crippen molar-refractivity contribution >= 4 is 22.5 Å². The number of allylic oxidation sites excluding steroid dienone is 8. The fourth-order valence-corrected chi connectivity index (χ4v) is 7.24. The Morgan fingerprint density at radius 3 is 2.07 bits per heavy atom. The van der Waals surface area contributed by atoms with Crippen LogP contribution in [0, 0.1) is 16.7 Å². The number of benzene rings is 1. The van der Waals surface area contributed by atoms with Gasteiger partial charge in [0.15, 0.2) is 23.1 Å². The van der Waals surface area contributed by atoms with Crippen molar-refractivity contribution < 1.29 is 24.2 Å². The summed E-state index contributed by atoms with van der Waals surface area (Å²) in [6, 6.07) is 2.32. The number of hydrogen-bond donors (Lipinski definition) is 2. The SMILES string of the molecule is CC(C)=CCCC(C)=CC[C@H]1C[C@@]2(CC=C(C)C)C(=O)c3c(oc4cc(O)c(O)cc4c3=O)[C@](CC=C(C)C)(C2=O)C1(C)C. The fourth-order valence-electron chi connectivity index (χ4n) is 7.24. The highest BCUT2D eigenvalue weighted by atomic mass is 16.3. The lowest BCUT2D eigenvalue weighted by Gasteiger charge is -2.60. The molecule has 0 saturated heterocycles. The van der Waals surface area contributed by atoms with Gasteiger partial charge < -0.3 is 14.6 Å². The van der Waals surface area contributed by atoms with E-state index in [0.29, 0.717) is 12.8 Å². The standard InChI is InChI=1S/C38H48O6/c1-22(2)11-10-12-25(7)13-14-26-21-37(17-15-23(3)4)33(42)31-32(41)27-19-28(39)29(40)20-30(27)44-34(31)38(35(37)43,36(26,8)9)18-16-24(5)6/h11,13,15-16,19-20,26,39-40H,10,12,14,17-18,21H2,1-9H3/t26-,37-,38+/m0/s1. The predicted octanol–water partition coefficient (Wildman–Crippen LogP) is 9.04. The van der Waals surface area contributed by atoms with E-state index in [1.165, 1.54) is 17.2 Å². The van der Waals surface area contributed by atoms with Gasteiger partial charge in [0, 0.05) is 6.07 Å². The summed E-state index contributed by atoms with van der Waals surface area (Å²) < 4.78 is 6.44. The van der Waals surface area contributed by atoms with Crippen molar-refractivity contribution in [2.45, 2.75) is 106 Å². The quantitative estimate of drug-likeness (QED) is 0.169. The van der Waals surface area contributed by atoms with E-state index in [1.807, 2.05) is 39.8 Å². The van der Waals surface area contributed by atoms with Gasteiger partial charge in [-0.15, -0.1) is 0 Å². The van der Waals surface area contributed by atoms with Crippen molar-refractivity contribution in [2.24, 2.45) is 16.7 Å². The summed E-state index contributed by atoms with van der Waals surface area (Å²) in [5.41, 5.74) is 0.452. The second-order valence-electron chi connectivity index (χ2n) is 14.3. The van der Waals surface area contributed by atoms with Gasteiger partial charge in [0.05, 0.1) is 16.2 Å². The first-order valence-electron chi connectivity index (χ1n) is 15.7. The molecule has 2 N–H and O–H groups in total. The normalized spacial score (nSPS) is 24.1. The molecule has 1 saturated carbocycles. The van der Waals surface area contributed by atoms with Crippen LogP contribution in [0.1, 0.15) is 117 Å². The van der Waals surface area contributed by atoms with Gasteiger partial charge in [-0.1, -0.05) is 60.4 Å². The molecule has 1 aromatic carbocycles. The van der Waals surface area contributed by atoms with Gasteiger partial charge in [-0.25, -0.2) is 0 Å². The maximum atomic E-state index is 15.2. The van der Waals surface area contributed by atoms with Gasteiger partial charge in [-0.05, 0) is 104 Å². The Balaban J connectivity index is 2.06. The van der Waals surface area contributed by atoms with Crippen LogP contribution in [0.5, 0.6) is 11.5 Å². The summed E-state index contributed by atoms with van der Waals surface area (Å²) in [6.45, 7) is 18.3. The lowest BCUT2D eigenvalue weighted by atomic mass is 9.40. The fraction of sp³-hybridized carbons (Fsp3) is 0.500. The summed E-state index contributed by atoms with van der Waals surface area (Å²) in [6.07, 6.45) is 11.8. The number of phenols is 2. The van der Waals surface area contributed by atoms with Crippen molar-refractivity contribution in [1.82, 2.24) is 0 Å². The van der Waals surface area contributed by atoms with Crippen LogP contribution in [0.15, 0.2) is 67.9 Å². The Morgan fingerprint density at radius 2 is 1.45 bits per heavy atom. The summed E-state index contributed by atoms with van der Waals surface area (Å²) in [4.78, 5) is 44.1. The van der Waals surface area contributed by atoms with Gasteiger partial charge >= 0.3 is 0 Å². The van der Waals surface area contributed by atoms with Crippen molar-refractivity contribution in [2.75, 3.05) is 0 Å². The molecule has 0 radical (unpaired) electrons. The third kappa shape index (κ3) is 5.41. The number of ketones is 2. The number of Topliss-reactive ketones (excluding diaryl/α,β-unsaturated/α-hetero) is 2. The van der Waals surface area contributed by atoms with Crippen LogP contribution in [0.3, 0.4) is 0 Å². The Morgan fingerprint density at radius 1 is 0.864 bits per heavy atom. The third-order valence-corrected chi connectivity index (χ3v) is 10.1. The largest absolute Gasteiger partial charge is 0.504 e. The summed E-state index contributed by atoms with van der Waals surface area (Å²) in [5.74, 6) is -1.61. The molecule has 4 rings (SSSR count). The molecule has 3 atom stereocenters. The first kappa shape index (κ1) is 33.2. The Hall–Kier alpha value is -3.67. The van der Waals surface area contributed by atoms with E-state index >= 15 is 4.79 Å². The minimum atomic E-state index is -1.43. The number of rotatable bonds is 9. The topological polar surface area (TPSA) is 105 Å². The van der Waals surface area contributed by atoms with Crippen molar-refractivity contribution in [3.63, 3.8) is 0 Å². The summed E-state index contributed by atoms with van der Waals surface area (Å²) in [7, 11) is 0. The van der Waals surface area contributed by atoms with Crippen molar-refractivity contribution in [3.05, 3.63) is 80.3 Å². The minimum Gasteiger partial charge on any atom is -0.504 e. The van der Waals surface area contributed by atoms with Crippen LogP contribution in [0.4, 0.5) is 0 Å². The van der Waals surface area contributed by atoms with Crippen LogP contribution in [0.25, 0.3) is 11.0 Å². The van der Waals surface area contributed by atoms with Crippen molar-refractivity contribution in [3.8, 4) is 11.5 Å². The average Bonchev–Trinajstić information content (AvgIpc) is 2.92. The lowest BCUT2D eigenvalue weighted by molar-refractivity contribution is -0.151. The highest BCUT2D eigenvalue weighted by molar-refractivity contribution is 6.23. The van der Waals surface area contributed by atoms with E-state index in [9.17, 15) is 19.8 Å². The number of carbonyl (C=O) groups is 2. The molecule has 0 amide bonds. The number of carbonyl (C=O) groups excluding carboxylic acids is 2. The molecule has 1 aromatic heterocycles. The molecule has 6 nitrogen and oxygen atoms in total. The number of hydrogen-bond acceptors (Lipinski definition) is 6. The molecule has 1 heterocycles. The van der Waals surface area contributed by atoms with E-state index < -0.39 is 39.0 Å². The molecule has 1 fully saturated rings. The molecular formula is C38H48O6. The lowest BCUT2D eigenvalue weighted by Crippen LogP contribution is -2.68. The maximum absolute atomic E-state index is 15.2. The monoisotopic (exact) mass is 600 g/mol. The molecule has 2 aliphatic rings. The summed E-state index contributed by atoms with van der Waals surface area (Å²) >= 11 is 0. The number of phenolic OH excluding ortho intramolecular Hbond substituents is 2. The number of aromatic hydroxyl groups is 2. The summed E-state index contributed by atoms with van der Waals surface area (Å²) in [5, 5.41) is 20.5. The van der Waals surface area contributed by atoms with E-state index in [1.54, 1.807) is 0 Å². The second-order valence-corrected chi connectivity index (χ2v) is 14.3. The Labute approximate surface area is 261 Å². The van der Waals surface area contributed by atoms with E-state index in [0.717, 1.165) is 30.1 Å². The van der Waals surface area contributed by atoms with Gasteiger partial charge in [0.25, 0.3) is 0 Å². The van der Waals surface area contributed by atoms with E-state index in [4.69, 9.17) is 4.42 Å². The third-order valence-electron chi connectivity index (χ3n) is 10.1. The van der Waals surface area contributed by atoms with Crippen molar-refractivity contribution in [1.29, 1.82) is 0 Å². The highest BCUT2D eigenvalue weighted by Gasteiger charge is 2.72. The Bertz CT molecular complexity index is 1680. The molecule has 0 unspecified atom stereocenters. The molecule has 236 valence electrons. The van der Waals surface area contributed by atoms with E-state index in [-0.39, 0.29) is 46.8 Å². The molecule has 44 heavy (non-hydrogen) atoms. The van der Waals surface area contributed by atoms with Crippen LogP contribution in [-0.2, 0) is 10.2 Å². The Kier molecular flexibility index (Phi) is 9.08. The molecular weight excluding hydrogens is 552 g/mol. The van der Waals surface area contributed by atoms with Gasteiger partial charge in [-0.2, -0.15) is 0 Å². The molecule has 2 aromatic rings. The maximum Gasteiger partial charge on any atom is 0.204 e. The number of fused-ring (bicyclic) bond motifs is 5. The zero-order valence-electron chi connectivity index (χ0n) is 27.8. The molecule has 6 heteroatoms. The van der Waals surface area contributed by atoms with Gasteiger partial charge in [0.1, 0.15) is 16.9 Å². The predicted molar refractivity (Wildman–Crippen MR) is 176 cm³/mol. The average molecular weight is 601 g/mol. The zero-order valence-corrected chi connectivity index (χ0v) is 27.8. The first-order valence-corrected chi connectivity index (χ1v) is 15.7. The van der Waals surface area contributed by atoms with Crippen LogP contribution in [0.2, 0.25) is 0 Å². The van der Waals surface area contributed by atoms with Crippen LogP contribution < -0.4 is 5.43 Å².